The summed E-state index contributed by atoms with van der Waals surface area (Å²) in [6.07, 6.45) is 0. The Bertz CT molecular complexity index is 928. The molecule has 3 rings (SSSR count). The van der Waals surface area contributed by atoms with Gasteiger partial charge in [-0.1, -0.05) is 26.0 Å². The second kappa shape index (κ2) is 5.62. The van der Waals surface area contributed by atoms with Crippen molar-refractivity contribution in [1.82, 2.24) is 0 Å². The maximum atomic E-state index is 10.9. The number of aromatic carboxylic acids is 1. The maximum absolute atomic E-state index is 10.9. The van der Waals surface area contributed by atoms with E-state index in [0.717, 1.165) is 22.1 Å². The number of carboxylic acids is 1. The Morgan fingerprint density at radius 2 is 1.87 bits per heavy atom. The second-order valence-electron chi connectivity index (χ2n) is 5.74. The van der Waals surface area contributed by atoms with Crippen LogP contribution in [0.4, 0.5) is 0 Å². The molecule has 0 saturated heterocycles. The quantitative estimate of drug-likeness (QED) is 0.754. The van der Waals surface area contributed by atoms with Gasteiger partial charge >= 0.3 is 5.97 Å². The van der Waals surface area contributed by atoms with E-state index in [0.29, 0.717) is 11.3 Å². The third-order valence-corrected chi connectivity index (χ3v) is 3.81. The molecule has 0 radical (unpaired) electrons. The van der Waals surface area contributed by atoms with E-state index in [1.807, 2.05) is 12.1 Å². The van der Waals surface area contributed by atoms with Gasteiger partial charge in [0.2, 0.25) is 0 Å². The first-order valence-electron chi connectivity index (χ1n) is 7.31. The van der Waals surface area contributed by atoms with E-state index >= 15 is 0 Å². The second-order valence-corrected chi connectivity index (χ2v) is 5.74. The summed E-state index contributed by atoms with van der Waals surface area (Å²) < 4.78 is 5.99. The fourth-order valence-corrected chi connectivity index (χ4v) is 2.59. The molecule has 4 heteroatoms. The Morgan fingerprint density at radius 3 is 2.43 bits per heavy atom. The van der Waals surface area contributed by atoms with Crippen LogP contribution in [0.5, 0.6) is 0 Å². The number of nitrogens with zero attached hydrogens (tertiary/aromatic N) is 1. The van der Waals surface area contributed by atoms with Gasteiger partial charge in [0.15, 0.2) is 0 Å². The third-order valence-electron chi connectivity index (χ3n) is 3.81. The molecule has 0 atom stereocenters. The summed E-state index contributed by atoms with van der Waals surface area (Å²) in [6, 6.07) is 14.3. The molecule has 0 fully saturated rings. The minimum absolute atomic E-state index is 0.235. The van der Waals surface area contributed by atoms with Crippen LogP contribution in [0.3, 0.4) is 0 Å². The van der Waals surface area contributed by atoms with Crippen LogP contribution in [0, 0.1) is 11.3 Å². The van der Waals surface area contributed by atoms with E-state index in [4.69, 9.17) is 9.52 Å². The van der Waals surface area contributed by atoms with Crippen LogP contribution in [0.1, 0.15) is 41.3 Å². The summed E-state index contributed by atoms with van der Waals surface area (Å²) in [5, 5.41) is 19.0. The van der Waals surface area contributed by atoms with Crippen LogP contribution in [-0.4, -0.2) is 11.1 Å². The van der Waals surface area contributed by atoms with Crippen molar-refractivity contribution in [1.29, 1.82) is 5.26 Å². The predicted octanol–water partition coefficient (Wildman–Crippen LogP) is 4.79. The molecule has 0 aliphatic carbocycles. The van der Waals surface area contributed by atoms with E-state index < -0.39 is 5.97 Å². The van der Waals surface area contributed by atoms with Gasteiger partial charge in [-0.3, -0.25) is 0 Å². The lowest BCUT2D eigenvalue weighted by atomic mass is 9.98. The SMILES string of the molecule is CC(C)c1cc(C#N)cc2cc(-c3ccc(C(=O)O)cc3)oc12. The summed E-state index contributed by atoms with van der Waals surface area (Å²) in [7, 11) is 0. The largest absolute Gasteiger partial charge is 0.478 e. The van der Waals surface area contributed by atoms with Gasteiger partial charge in [0, 0.05) is 10.9 Å². The van der Waals surface area contributed by atoms with Gasteiger partial charge in [0.1, 0.15) is 11.3 Å². The molecule has 1 heterocycles. The molecule has 1 N–H and O–H groups in total. The number of rotatable bonds is 3. The first-order chi connectivity index (χ1) is 11.0. The molecule has 1 aromatic heterocycles. The molecule has 114 valence electrons. The van der Waals surface area contributed by atoms with Gasteiger partial charge < -0.3 is 9.52 Å². The van der Waals surface area contributed by atoms with E-state index in [9.17, 15) is 10.1 Å². The zero-order chi connectivity index (χ0) is 16.6. The molecule has 0 unspecified atom stereocenters. The average molecular weight is 305 g/mol. The zero-order valence-electron chi connectivity index (χ0n) is 12.8. The Morgan fingerprint density at radius 1 is 1.17 bits per heavy atom. The number of nitriles is 1. The van der Waals surface area contributed by atoms with Gasteiger partial charge in [-0.2, -0.15) is 5.26 Å². The third kappa shape index (κ3) is 2.69. The van der Waals surface area contributed by atoms with Crippen molar-refractivity contribution in [2.24, 2.45) is 0 Å². The Labute approximate surface area is 133 Å². The Balaban J connectivity index is 2.14. The monoisotopic (exact) mass is 305 g/mol. The van der Waals surface area contributed by atoms with Crippen LogP contribution < -0.4 is 0 Å². The molecular weight excluding hydrogens is 290 g/mol. The van der Waals surface area contributed by atoms with E-state index in [2.05, 4.69) is 19.9 Å². The number of benzene rings is 2. The minimum atomic E-state index is -0.957. The fraction of sp³-hybridized carbons (Fsp3) is 0.158. The lowest BCUT2D eigenvalue weighted by Crippen LogP contribution is -1.94. The van der Waals surface area contributed by atoms with Crippen molar-refractivity contribution in [3.8, 4) is 17.4 Å². The lowest BCUT2D eigenvalue weighted by molar-refractivity contribution is 0.0697. The molecule has 2 aromatic carbocycles. The summed E-state index contributed by atoms with van der Waals surface area (Å²) in [5.74, 6) is -0.0602. The molecule has 4 nitrogen and oxygen atoms in total. The molecule has 0 spiro atoms. The summed E-state index contributed by atoms with van der Waals surface area (Å²) in [6.45, 7) is 4.11. The van der Waals surface area contributed by atoms with E-state index in [1.54, 1.807) is 30.3 Å². The van der Waals surface area contributed by atoms with Crippen LogP contribution >= 0.6 is 0 Å². The minimum Gasteiger partial charge on any atom is -0.478 e. The Hall–Kier alpha value is -3.06. The highest BCUT2D eigenvalue weighted by molar-refractivity contribution is 5.89. The van der Waals surface area contributed by atoms with Gasteiger partial charge in [-0.25, -0.2) is 4.79 Å². The van der Waals surface area contributed by atoms with Crippen molar-refractivity contribution >= 4 is 16.9 Å². The maximum Gasteiger partial charge on any atom is 0.335 e. The van der Waals surface area contributed by atoms with Gasteiger partial charge in [0.25, 0.3) is 0 Å². The molecule has 0 amide bonds. The van der Waals surface area contributed by atoms with Crippen molar-refractivity contribution < 1.29 is 14.3 Å². The number of carboxylic acid groups (broad SMARTS) is 1. The zero-order valence-corrected chi connectivity index (χ0v) is 12.8. The van der Waals surface area contributed by atoms with E-state index in [1.165, 1.54) is 0 Å². The standard InChI is InChI=1S/C19H15NO3/c1-11(2)16-8-12(10-20)7-15-9-17(23-18(15)16)13-3-5-14(6-4-13)19(21)22/h3-9,11H,1-2H3,(H,21,22). The van der Waals surface area contributed by atoms with Gasteiger partial charge in [0.05, 0.1) is 17.2 Å². The van der Waals surface area contributed by atoms with Crippen molar-refractivity contribution in [2.45, 2.75) is 19.8 Å². The summed E-state index contributed by atoms with van der Waals surface area (Å²) >= 11 is 0. The van der Waals surface area contributed by atoms with Crippen molar-refractivity contribution in [2.75, 3.05) is 0 Å². The number of hydrogen-bond donors (Lipinski definition) is 1. The number of fused-ring (bicyclic) bond motifs is 1. The Kier molecular flexibility index (Phi) is 3.63. The smallest absolute Gasteiger partial charge is 0.335 e. The van der Waals surface area contributed by atoms with Gasteiger partial charge in [-0.05, 0) is 41.8 Å². The molecular formula is C19H15NO3. The normalized spacial score (nSPS) is 10.9. The topological polar surface area (TPSA) is 74.2 Å². The highest BCUT2D eigenvalue weighted by atomic mass is 16.4. The van der Waals surface area contributed by atoms with Crippen LogP contribution in [0.15, 0.2) is 46.9 Å². The van der Waals surface area contributed by atoms with Crippen LogP contribution in [0.25, 0.3) is 22.3 Å². The molecule has 0 aliphatic heterocycles. The first kappa shape index (κ1) is 14.9. The summed E-state index contributed by atoms with van der Waals surface area (Å²) in [4.78, 5) is 10.9. The van der Waals surface area contributed by atoms with Crippen LogP contribution in [-0.2, 0) is 0 Å². The van der Waals surface area contributed by atoms with Crippen LogP contribution in [0.2, 0.25) is 0 Å². The summed E-state index contributed by atoms with van der Waals surface area (Å²) in [5.41, 5.74) is 3.41. The molecule has 23 heavy (non-hydrogen) atoms. The number of furan rings is 1. The fourth-order valence-electron chi connectivity index (χ4n) is 2.59. The predicted molar refractivity (Wildman–Crippen MR) is 87.4 cm³/mol. The molecule has 0 saturated carbocycles. The molecule has 3 aromatic rings. The molecule has 0 aliphatic rings. The first-order valence-corrected chi connectivity index (χ1v) is 7.31. The number of carbonyl (C=O) groups is 1. The van der Waals surface area contributed by atoms with Crippen molar-refractivity contribution in [3.05, 3.63) is 59.2 Å². The average Bonchev–Trinajstić information content (AvgIpc) is 2.97. The van der Waals surface area contributed by atoms with Gasteiger partial charge in [-0.15, -0.1) is 0 Å². The highest BCUT2D eigenvalue weighted by Crippen LogP contribution is 2.33. The lowest BCUT2D eigenvalue weighted by Gasteiger charge is -2.06. The molecule has 0 bridgehead atoms. The number of hydrogen-bond acceptors (Lipinski definition) is 3. The highest BCUT2D eigenvalue weighted by Gasteiger charge is 2.14. The van der Waals surface area contributed by atoms with Crippen molar-refractivity contribution in [3.63, 3.8) is 0 Å². The van der Waals surface area contributed by atoms with E-state index in [-0.39, 0.29) is 11.5 Å².